The number of para-hydroxylation sites is 1. The summed E-state index contributed by atoms with van der Waals surface area (Å²) in [6.07, 6.45) is -4.79. The van der Waals surface area contributed by atoms with Gasteiger partial charge in [-0.05, 0) is 57.1 Å². The molecule has 26 N–H and O–H groups in total. The number of guanidine groups is 2. The number of nitrogens with two attached hydrogens (primary N) is 6. The molecule has 3 fully saturated rings. The number of aliphatic imine (C=N–C) groups is 2. The number of hydrogen-bond acceptors (Lipinski definition) is 22. The van der Waals surface area contributed by atoms with Crippen molar-refractivity contribution in [3.05, 3.63) is 36.0 Å². The topological polar surface area (TPSA) is 620 Å². The predicted molar refractivity (Wildman–Crippen MR) is 353 cm³/mol. The molecular formula is C54H79F3N20O17S4. The van der Waals surface area contributed by atoms with Crippen LogP contribution in [0, 0.1) is 0 Å². The third-order valence-electron chi connectivity index (χ3n) is 14.4. The molecule has 1 aromatic heterocycles. The van der Waals surface area contributed by atoms with Crippen molar-refractivity contribution in [2.24, 2.45) is 44.4 Å². The Morgan fingerprint density at radius 1 is 0.633 bits per heavy atom. The highest BCUT2D eigenvalue weighted by Gasteiger charge is 2.42. The number of benzene rings is 1. The van der Waals surface area contributed by atoms with Crippen LogP contribution in [0.25, 0.3) is 10.9 Å². The monoisotopic (exact) mass is 1460 g/mol. The molecular weight excluding hydrogens is 1390 g/mol. The number of nitrogens with zero attached hydrogens (tertiary/aromatic N) is 3. The fourth-order valence-electron chi connectivity index (χ4n) is 9.39. The Morgan fingerprint density at radius 3 is 1.69 bits per heavy atom. The summed E-state index contributed by atoms with van der Waals surface area (Å²) in [6.45, 7) is -0.723. The molecule has 12 amide bonds. The van der Waals surface area contributed by atoms with E-state index >= 15 is 0 Å². The molecule has 2 aromatic rings. The summed E-state index contributed by atoms with van der Waals surface area (Å²) < 4.78 is 31.7. The minimum absolute atomic E-state index is 0.0125. The zero-order valence-corrected chi connectivity index (χ0v) is 55.7. The van der Waals surface area contributed by atoms with E-state index < -0.39 is 181 Å². The van der Waals surface area contributed by atoms with Crippen LogP contribution < -0.4 is 87.6 Å². The lowest BCUT2D eigenvalue weighted by Crippen LogP contribution is -2.61. The van der Waals surface area contributed by atoms with Gasteiger partial charge in [-0.3, -0.25) is 72.3 Å². The molecule has 3 saturated heterocycles. The van der Waals surface area contributed by atoms with Gasteiger partial charge >= 0.3 is 18.1 Å². The van der Waals surface area contributed by atoms with E-state index in [0.29, 0.717) is 16.5 Å². The number of aliphatic hydroxyl groups is 1. The number of carboxylic acids is 2. The Bertz CT molecular complexity index is 3270. The van der Waals surface area contributed by atoms with E-state index in [1.54, 1.807) is 30.5 Å². The largest absolute Gasteiger partial charge is 0.490 e. The van der Waals surface area contributed by atoms with E-state index in [9.17, 15) is 85.7 Å². The molecule has 0 spiro atoms. The summed E-state index contributed by atoms with van der Waals surface area (Å²) in [5.41, 5.74) is 34.8. The molecule has 0 unspecified atom stereocenters. The average Bonchev–Trinajstić information content (AvgIpc) is 1.64. The molecule has 3 aliphatic rings. The Labute approximate surface area is 572 Å². The number of H-pyrrole nitrogens is 1. The van der Waals surface area contributed by atoms with Gasteiger partial charge in [0.1, 0.15) is 66.5 Å². The van der Waals surface area contributed by atoms with Crippen LogP contribution in [0.4, 0.5) is 13.2 Å². The number of halogens is 3. The maximum absolute atomic E-state index is 14.7. The van der Waals surface area contributed by atoms with Gasteiger partial charge in [-0.2, -0.15) is 13.2 Å². The third-order valence-corrected chi connectivity index (χ3v) is 19.2. The van der Waals surface area contributed by atoms with Crippen molar-refractivity contribution in [3.63, 3.8) is 0 Å². The van der Waals surface area contributed by atoms with E-state index in [2.05, 4.69) is 68.1 Å². The molecule has 4 heterocycles. The van der Waals surface area contributed by atoms with Gasteiger partial charge in [0.05, 0.1) is 19.6 Å². The Hall–Kier alpha value is -9.01. The second-order valence-corrected chi connectivity index (χ2v) is 26.9. The Balaban J connectivity index is 0.00000275. The Morgan fingerprint density at radius 2 is 1.13 bits per heavy atom. The molecule has 542 valence electrons. The minimum Gasteiger partial charge on any atom is -0.481 e. The van der Waals surface area contributed by atoms with E-state index in [1.807, 2.05) is 0 Å². The van der Waals surface area contributed by atoms with Crippen LogP contribution in [0.15, 0.2) is 40.4 Å². The molecule has 0 saturated carbocycles. The highest BCUT2D eigenvalue weighted by atomic mass is 33.1. The summed E-state index contributed by atoms with van der Waals surface area (Å²) in [6, 6.07) is -10.5. The summed E-state index contributed by atoms with van der Waals surface area (Å²) in [4.78, 5) is 203. The number of carbonyl (C=O) groups is 14. The summed E-state index contributed by atoms with van der Waals surface area (Å²) in [7, 11) is 3.46. The van der Waals surface area contributed by atoms with Crippen LogP contribution >= 0.6 is 43.2 Å². The summed E-state index contributed by atoms with van der Waals surface area (Å²) in [5, 5.41) is 53.4. The van der Waals surface area contributed by atoms with Crippen LogP contribution in [0.5, 0.6) is 0 Å². The van der Waals surface area contributed by atoms with Gasteiger partial charge in [-0.25, -0.2) is 4.79 Å². The zero-order valence-electron chi connectivity index (χ0n) is 52.4. The van der Waals surface area contributed by atoms with Crippen molar-refractivity contribution in [2.75, 3.05) is 55.8 Å². The number of hydrogen-bond donors (Lipinski definition) is 20. The zero-order chi connectivity index (χ0) is 73.0. The number of aromatic nitrogens is 1. The van der Waals surface area contributed by atoms with Crippen molar-refractivity contribution in [3.8, 4) is 0 Å². The number of nitrogens with one attached hydrogen (secondary N) is 11. The first-order valence-electron chi connectivity index (χ1n) is 29.8. The SMILES string of the molecule is C[C@@H]1NC(=O)[C@H]2CSSC[C@H](NC(=O)CN)C(=O)N[C@@H](CSSC[C@@H](C(N)=O)NC(=O)[C@H](CCCN=C(N)N)NC(=O)[C@H](Cc3c[nH]c4ccccc34)NC1=O)C(=O)N[C@@H](CO)C(=O)N[C@@H](CC(=O)O)C(=O)N1CCC[C@H]1C(=O)N[C@@H](CCCN=C(N)N)C(=O)N2.O=C(O)C(F)(F)F. The number of aromatic amines is 1. The van der Waals surface area contributed by atoms with Crippen molar-refractivity contribution >= 4 is 149 Å². The molecule has 5 rings (SSSR count). The predicted octanol–water partition coefficient (Wildman–Crippen LogP) is -6.99. The maximum atomic E-state index is 14.7. The van der Waals surface area contributed by atoms with E-state index in [0.717, 1.165) is 48.1 Å². The van der Waals surface area contributed by atoms with Crippen LogP contribution in [0.2, 0.25) is 0 Å². The van der Waals surface area contributed by atoms with Crippen LogP contribution in [-0.4, -0.2) is 248 Å². The number of rotatable bonds is 16. The molecule has 11 atom stereocenters. The highest BCUT2D eigenvalue weighted by molar-refractivity contribution is 8.77. The van der Waals surface area contributed by atoms with Gasteiger partial charge in [0, 0.05) is 66.2 Å². The number of amides is 12. The lowest BCUT2D eigenvalue weighted by molar-refractivity contribution is -0.192. The van der Waals surface area contributed by atoms with Gasteiger partial charge in [-0.1, -0.05) is 61.4 Å². The van der Waals surface area contributed by atoms with E-state index in [4.69, 9.17) is 44.3 Å². The first-order valence-corrected chi connectivity index (χ1v) is 34.8. The smallest absolute Gasteiger partial charge is 0.481 e. The quantitative estimate of drug-likeness (QED) is 0.0321. The molecule has 0 radical (unpaired) electrons. The Kier molecular flexibility index (Phi) is 33.2. The summed E-state index contributed by atoms with van der Waals surface area (Å²) in [5.74, 6) is -18.5. The van der Waals surface area contributed by atoms with Gasteiger partial charge in [0.25, 0.3) is 0 Å². The van der Waals surface area contributed by atoms with E-state index in [-0.39, 0.29) is 93.8 Å². The van der Waals surface area contributed by atoms with Gasteiger partial charge in [0.2, 0.25) is 70.9 Å². The first-order chi connectivity index (χ1) is 46.2. The second-order valence-electron chi connectivity index (χ2n) is 21.8. The van der Waals surface area contributed by atoms with Gasteiger partial charge in [0.15, 0.2) is 11.9 Å². The third kappa shape index (κ3) is 26.8. The number of carboxylic acid groups (broad SMARTS) is 2. The fraction of sp³-hybridized carbons (Fsp3) is 0.556. The standard InChI is InChI=1S/C52H78N20O15S4.C2HF3O2/c1-24-41(78)66-30(15-25-18-61-27-8-3-2-7-26(25)27)44(81)64-28(9-4-12-59-51(55)56)42(79)69-33(40(54)77)20-88-90-23-36-48(85)68-32(19-73)45(82)67-31(16-39(75)76)50(87)72-14-6-11-37(72)49(86)65-29(10-5-13-60-52(57)58)43(80)70-35(46(83)62-24)22-91-89-21-34(47(84)71-36)63-38(74)17-53;3-2(4,5)1(6)7/h2-3,7-8,18,24,28-37,61,73H,4-6,9-17,19-23,53H2,1H3,(H2,54,77)(H,62,83)(H,63,74)(H,64,81)(H,65,86)(H,66,78)(H,67,82)(H,68,85)(H,69,79)(H,70,80)(H,71,84)(H,75,76)(H4,55,56,59)(H4,57,58,60);(H,6,7)/t24-,28-,29-,30-,31-,32-,33-,34-,35+,36-,37-;/m0./s1. The second kappa shape index (κ2) is 40.0. The number of aliphatic carboxylic acids is 2. The van der Waals surface area contributed by atoms with Crippen LogP contribution in [0.3, 0.4) is 0 Å². The van der Waals surface area contributed by atoms with Crippen molar-refractivity contribution < 1.29 is 95.6 Å². The lowest BCUT2D eigenvalue weighted by atomic mass is 10.0. The van der Waals surface area contributed by atoms with Crippen LogP contribution in [-0.2, 0) is 73.5 Å². The van der Waals surface area contributed by atoms with Gasteiger partial charge < -0.3 is 113 Å². The van der Waals surface area contributed by atoms with E-state index in [1.165, 1.54) is 6.92 Å². The highest BCUT2D eigenvalue weighted by Crippen LogP contribution is 2.27. The maximum Gasteiger partial charge on any atom is 0.490 e. The fourth-order valence-corrected chi connectivity index (χ4v) is 14.1. The first kappa shape index (κ1) is 81.4. The number of carbonyl (C=O) groups excluding carboxylic acids is 12. The van der Waals surface area contributed by atoms with Crippen LogP contribution in [0.1, 0.15) is 57.4 Å². The van der Waals surface area contributed by atoms with Crippen molar-refractivity contribution in [1.29, 1.82) is 0 Å². The average molecular weight is 1470 g/mol. The van der Waals surface area contributed by atoms with Crippen molar-refractivity contribution in [1.82, 2.24) is 63.1 Å². The minimum atomic E-state index is -5.08. The van der Waals surface area contributed by atoms with Crippen molar-refractivity contribution in [2.45, 2.75) is 131 Å². The lowest BCUT2D eigenvalue weighted by Gasteiger charge is -2.30. The number of primary amides is 1. The van der Waals surface area contributed by atoms with Gasteiger partial charge in [-0.15, -0.1) is 0 Å². The molecule has 0 aliphatic carbocycles. The molecule has 44 heteroatoms. The summed E-state index contributed by atoms with van der Waals surface area (Å²) >= 11 is 0. The number of aliphatic hydroxyl groups excluding tert-OH is 1. The molecule has 3 aliphatic heterocycles. The molecule has 2 bridgehead atoms. The normalized spacial score (nSPS) is 25.0. The molecule has 1 aromatic carbocycles. The number of alkyl halides is 3. The molecule has 98 heavy (non-hydrogen) atoms. The number of fused-ring (bicyclic) bond motifs is 10. The molecule has 37 nitrogen and oxygen atoms in total.